The maximum absolute atomic E-state index is 10.6. The second kappa shape index (κ2) is 5.56. The van der Waals surface area contributed by atoms with Crippen molar-refractivity contribution >= 4 is 0 Å². The zero-order chi connectivity index (χ0) is 16.0. The largest absolute Gasteiger partial charge is 0.472 e. The van der Waals surface area contributed by atoms with Gasteiger partial charge in [-0.15, -0.1) is 0 Å². The van der Waals surface area contributed by atoms with Gasteiger partial charge in [0.15, 0.2) is 0 Å². The average Bonchev–Trinajstić information content (AvgIpc) is 2.96. The van der Waals surface area contributed by atoms with Crippen LogP contribution in [0.4, 0.5) is 0 Å². The number of aliphatic hydroxyl groups excluding tert-OH is 1. The van der Waals surface area contributed by atoms with Crippen LogP contribution in [0.25, 0.3) is 0 Å². The molecule has 2 nitrogen and oxygen atoms in total. The van der Waals surface area contributed by atoms with Crippen LogP contribution >= 0.6 is 0 Å². The molecule has 1 N–H and O–H groups in total. The molecule has 1 aromatic heterocycles. The molecule has 1 aromatic rings. The Labute approximate surface area is 134 Å². The summed E-state index contributed by atoms with van der Waals surface area (Å²) in [6.07, 6.45) is 11.3. The minimum Gasteiger partial charge on any atom is -0.472 e. The van der Waals surface area contributed by atoms with E-state index in [-0.39, 0.29) is 0 Å². The monoisotopic (exact) mass is 302 g/mol. The molecule has 1 heterocycles. The summed E-state index contributed by atoms with van der Waals surface area (Å²) in [5.74, 6) is 1.19. The fraction of sp³-hybridized carbons (Fsp3) is 0.700. The lowest BCUT2D eigenvalue weighted by atomic mass is 9.48. The lowest BCUT2D eigenvalue weighted by Crippen LogP contribution is -2.48. The molecular weight excluding hydrogens is 272 g/mol. The minimum absolute atomic E-state index is 0.311. The lowest BCUT2D eigenvalue weighted by molar-refractivity contribution is -0.0497. The predicted molar refractivity (Wildman–Crippen MR) is 89.4 cm³/mol. The van der Waals surface area contributed by atoms with Crippen LogP contribution in [0, 0.1) is 22.7 Å². The van der Waals surface area contributed by atoms with Crippen LogP contribution in [-0.2, 0) is 0 Å². The first-order valence-corrected chi connectivity index (χ1v) is 8.71. The van der Waals surface area contributed by atoms with E-state index in [2.05, 4.69) is 33.8 Å². The topological polar surface area (TPSA) is 33.4 Å². The summed E-state index contributed by atoms with van der Waals surface area (Å²) in [5.41, 5.74) is 3.10. The number of furan rings is 1. The Bertz CT molecular complexity index is 540. The van der Waals surface area contributed by atoms with E-state index in [0.29, 0.717) is 16.7 Å². The second-order valence-electron chi connectivity index (χ2n) is 8.45. The van der Waals surface area contributed by atoms with Crippen molar-refractivity contribution < 1.29 is 9.52 Å². The van der Waals surface area contributed by atoms with Gasteiger partial charge in [0.05, 0.1) is 18.6 Å². The van der Waals surface area contributed by atoms with Crippen LogP contribution < -0.4 is 0 Å². The molecule has 4 atom stereocenters. The van der Waals surface area contributed by atoms with Crippen LogP contribution in [-0.4, -0.2) is 5.11 Å². The molecule has 0 aliphatic heterocycles. The Hall–Kier alpha value is -1.02. The second-order valence-corrected chi connectivity index (χ2v) is 8.45. The molecule has 0 unspecified atom stereocenters. The predicted octanol–water partition coefficient (Wildman–Crippen LogP) is 5.50. The first kappa shape index (κ1) is 15.9. The number of hydrogen-bond donors (Lipinski definition) is 1. The highest BCUT2D eigenvalue weighted by molar-refractivity contribution is 5.20. The normalized spacial score (nSPS) is 35.6. The summed E-state index contributed by atoms with van der Waals surface area (Å²) in [6.45, 7) is 9.61. The van der Waals surface area contributed by atoms with Crippen LogP contribution in [0.1, 0.15) is 71.5 Å². The summed E-state index contributed by atoms with van der Waals surface area (Å²) >= 11 is 0. The van der Waals surface area contributed by atoms with Gasteiger partial charge in [0.1, 0.15) is 0 Å². The van der Waals surface area contributed by atoms with E-state index in [4.69, 9.17) is 4.42 Å². The number of hydrogen-bond acceptors (Lipinski definition) is 2. The lowest BCUT2D eigenvalue weighted by Gasteiger charge is -2.57. The molecule has 0 aromatic carbocycles. The van der Waals surface area contributed by atoms with Gasteiger partial charge < -0.3 is 9.52 Å². The van der Waals surface area contributed by atoms with Crippen LogP contribution in [0.15, 0.2) is 34.7 Å². The van der Waals surface area contributed by atoms with Gasteiger partial charge in [-0.1, -0.05) is 38.8 Å². The van der Waals surface area contributed by atoms with Crippen LogP contribution in [0.3, 0.4) is 0 Å². The Morgan fingerprint density at radius 1 is 1.32 bits per heavy atom. The molecular formula is C20H30O2. The molecule has 122 valence electrons. The van der Waals surface area contributed by atoms with Gasteiger partial charge in [0, 0.05) is 5.56 Å². The van der Waals surface area contributed by atoms with Gasteiger partial charge >= 0.3 is 0 Å². The van der Waals surface area contributed by atoms with Crippen LogP contribution in [0.2, 0.25) is 0 Å². The number of fused-ring (bicyclic) bond motifs is 1. The number of rotatable bonds is 3. The molecule has 0 radical (unpaired) electrons. The third-order valence-corrected chi connectivity index (χ3v) is 6.68. The van der Waals surface area contributed by atoms with E-state index in [1.165, 1.54) is 31.3 Å². The number of aliphatic hydroxyl groups is 1. The Kier molecular flexibility index (Phi) is 4.01. The highest BCUT2D eigenvalue weighted by Gasteiger charge is 2.52. The molecule has 1 saturated carbocycles. The van der Waals surface area contributed by atoms with Gasteiger partial charge in [0.25, 0.3) is 0 Å². The molecule has 0 amide bonds. The van der Waals surface area contributed by atoms with Gasteiger partial charge in [-0.3, -0.25) is 0 Å². The third-order valence-electron chi connectivity index (χ3n) is 6.68. The SMILES string of the molecule is CC1=CC[C@H]2C(C)(C)CCC[C@]2(C)[C@H]1C[C@@H](O)c1ccoc1. The maximum Gasteiger partial charge on any atom is 0.0960 e. The van der Waals surface area contributed by atoms with Crippen molar-refractivity contribution in [2.75, 3.05) is 0 Å². The summed E-state index contributed by atoms with van der Waals surface area (Å²) in [7, 11) is 0. The zero-order valence-electron chi connectivity index (χ0n) is 14.4. The summed E-state index contributed by atoms with van der Waals surface area (Å²) in [4.78, 5) is 0. The summed E-state index contributed by atoms with van der Waals surface area (Å²) in [6, 6.07) is 1.89. The fourth-order valence-corrected chi connectivity index (χ4v) is 5.42. The van der Waals surface area contributed by atoms with Crippen LogP contribution in [0.5, 0.6) is 0 Å². The molecule has 22 heavy (non-hydrogen) atoms. The van der Waals surface area contributed by atoms with E-state index in [9.17, 15) is 5.11 Å². The molecule has 2 heteroatoms. The van der Waals surface area contributed by atoms with E-state index < -0.39 is 6.10 Å². The molecule has 2 aliphatic rings. The molecule has 1 fully saturated rings. The highest BCUT2D eigenvalue weighted by Crippen LogP contribution is 2.60. The van der Waals surface area contributed by atoms with E-state index in [1.807, 2.05) is 6.07 Å². The molecule has 2 aliphatic carbocycles. The molecule has 0 bridgehead atoms. The van der Waals surface area contributed by atoms with Crippen molar-refractivity contribution in [1.29, 1.82) is 0 Å². The highest BCUT2D eigenvalue weighted by atomic mass is 16.3. The van der Waals surface area contributed by atoms with E-state index in [1.54, 1.807) is 12.5 Å². The Balaban J connectivity index is 1.88. The average molecular weight is 302 g/mol. The van der Waals surface area contributed by atoms with Gasteiger partial charge in [0.2, 0.25) is 0 Å². The van der Waals surface area contributed by atoms with Gasteiger partial charge in [-0.25, -0.2) is 0 Å². The Morgan fingerprint density at radius 3 is 2.77 bits per heavy atom. The fourth-order valence-electron chi connectivity index (χ4n) is 5.42. The Morgan fingerprint density at radius 2 is 2.09 bits per heavy atom. The van der Waals surface area contributed by atoms with Crippen molar-refractivity contribution in [1.82, 2.24) is 0 Å². The third kappa shape index (κ3) is 2.56. The standard InChI is InChI=1S/C20H30O2/c1-14-6-7-18-19(2,3)9-5-10-20(18,4)16(14)12-17(21)15-8-11-22-13-15/h6,8,11,13,16-18,21H,5,7,9-10,12H2,1-4H3/t16-,17+,18-,20+/m0/s1. The molecule has 3 rings (SSSR count). The minimum atomic E-state index is -0.423. The zero-order valence-corrected chi connectivity index (χ0v) is 14.4. The van der Waals surface area contributed by atoms with E-state index in [0.717, 1.165) is 17.9 Å². The summed E-state index contributed by atoms with van der Waals surface area (Å²) < 4.78 is 5.14. The van der Waals surface area contributed by atoms with E-state index >= 15 is 0 Å². The van der Waals surface area contributed by atoms with Gasteiger partial charge in [-0.2, -0.15) is 0 Å². The summed E-state index contributed by atoms with van der Waals surface area (Å²) in [5, 5.41) is 10.6. The quantitative estimate of drug-likeness (QED) is 0.748. The van der Waals surface area contributed by atoms with Crippen molar-refractivity contribution in [2.24, 2.45) is 22.7 Å². The van der Waals surface area contributed by atoms with Crippen molar-refractivity contribution in [3.8, 4) is 0 Å². The molecule has 0 spiro atoms. The van der Waals surface area contributed by atoms with Gasteiger partial charge in [-0.05, 0) is 61.3 Å². The van der Waals surface area contributed by atoms with Crippen molar-refractivity contribution in [3.05, 3.63) is 35.8 Å². The first-order chi connectivity index (χ1) is 10.3. The van der Waals surface area contributed by atoms with Crippen molar-refractivity contribution in [3.63, 3.8) is 0 Å². The number of allylic oxidation sites excluding steroid dienone is 2. The van der Waals surface area contributed by atoms with Crippen molar-refractivity contribution in [2.45, 2.75) is 65.9 Å². The maximum atomic E-state index is 10.6. The smallest absolute Gasteiger partial charge is 0.0960 e. The first-order valence-electron chi connectivity index (χ1n) is 8.71. The molecule has 0 saturated heterocycles.